The summed E-state index contributed by atoms with van der Waals surface area (Å²) in [5.41, 5.74) is 7.99. The predicted molar refractivity (Wildman–Crippen MR) is 212 cm³/mol. The van der Waals surface area contributed by atoms with Gasteiger partial charge in [-0.05, 0) is 133 Å². The molecule has 5 fully saturated rings. The third-order valence-corrected chi connectivity index (χ3v) is 11.0. The number of rotatable bonds is 4. The maximum atomic E-state index is 11.0. The molecule has 7 rings (SSSR count). The van der Waals surface area contributed by atoms with Crippen LogP contribution in [0, 0.1) is 29.6 Å². The Kier molecular flexibility index (Phi) is 28.3. The molecule has 0 bridgehead atoms. The summed E-state index contributed by atoms with van der Waals surface area (Å²) in [6, 6.07) is 0.379. The Labute approximate surface area is 336 Å². The Morgan fingerprint density at radius 3 is 1.41 bits per heavy atom. The van der Waals surface area contributed by atoms with E-state index >= 15 is 0 Å². The van der Waals surface area contributed by atoms with Gasteiger partial charge in [0.1, 0.15) is 0 Å². The molecule has 0 radical (unpaired) electrons. The van der Waals surface area contributed by atoms with E-state index in [2.05, 4.69) is 46.6 Å². The van der Waals surface area contributed by atoms with Gasteiger partial charge in [0.05, 0.1) is 14.4 Å². The molecule has 16 heteroatoms. The second kappa shape index (κ2) is 30.8. The van der Waals surface area contributed by atoms with Gasteiger partial charge < -0.3 is 24.4 Å². The first-order valence-electron chi connectivity index (χ1n) is 20.2. The summed E-state index contributed by atoms with van der Waals surface area (Å²) in [6.07, 6.45) is 23.0. The van der Waals surface area contributed by atoms with Crippen LogP contribution in [0.5, 0.6) is 0 Å². The Morgan fingerprint density at radius 1 is 0.722 bits per heavy atom. The van der Waals surface area contributed by atoms with Crippen molar-refractivity contribution in [1.82, 2.24) is 25.8 Å². The Morgan fingerprint density at radius 2 is 1.09 bits per heavy atom. The maximum absolute atomic E-state index is 11.0. The van der Waals surface area contributed by atoms with E-state index in [0.29, 0.717) is 17.9 Å². The molecule has 1 saturated heterocycles. The van der Waals surface area contributed by atoms with Crippen molar-refractivity contribution in [3.05, 3.63) is 24.6 Å². The number of aliphatic carboxylic acids is 1. The van der Waals surface area contributed by atoms with E-state index in [1.54, 1.807) is 0 Å². The van der Waals surface area contributed by atoms with Gasteiger partial charge in [-0.25, -0.2) is 5.84 Å². The third kappa shape index (κ3) is 21.1. The van der Waals surface area contributed by atoms with Crippen LogP contribution in [-0.4, -0.2) is 63.8 Å². The SMILES string of the molecule is C1CCOC1.CC1CCC(C(=O)NN)CC1.CC1CCC(C(=O)O)CC1.CC1CCC(c2nnco2)CC1.Cl.Cl.NC1CCC(c2nnco2)CC1.[2H]CF. The van der Waals surface area contributed by atoms with E-state index in [-0.39, 0.29) is 42.6 Å². The van der Waals surface area contributed by atoms with Crippen molar-refractivity contribution in [1.29, 1.82) is 0 Å². The molecule has 1 amide bonds. The summed E-state index contributed by atoms with van der Waals surface area (Å²) in [5, 5.41) is 23.8. The van der Waals surface area contributed by atoms with Crippen LogP contribution in [0.1, 0.15) is 161 Å². The number of nitrogens with one attached hydrogen (secondary N) is 1. The molecule has 4 saturated carbocycles. The molecule has 54 heavy (non-hydrogen) atoms. The maximum Gasteiger partial charge on any atom is 0.306 e. The fourth-order valence-corrected chi connectivity index (χ4v) is 7.25. The summed E-state index contributed by atoms with van der Waals surface area (Å²) in [7, 11) is -1.00. The lowest BCUT2D eigenvalue weighted by atomic mass is 9.83. The highest BCUT2D eigenvalue weighted by molar-refractivity contribution is 5.85. The minimum atomic E-state index is -1.00. The number of carboxylic acid groups (broad SMARTS) is 1. The minimum Gasteiger partial charge on any atom is -0.481 e. The van der Waals surface area contributed by atoms with E-state index in [9.17, 15) is 14.0 Å². The standard InChI is InChI=1S/C9H14N2O.C8H13N3O.C8H16N2O.C8H14O2.C4H8O.CH3F.2ClH/c1-7-2-4-8(5-3-7)9-11-10-6-12-9;9-7-3-1-6(2-4-7)8-11-10-5-12-8;1-6-2-4-7(5-3-6)8(11)10-9;1-6-2-4-7(5-3-6)8(9)10;1-2-4-5-3-1;1-2;;/h6-8H,2-5H2,1H3;5-7H,1-4,9H2;6-7H,2-5,9H2,1H3,(H,10,11);6-7H,2-5H2,1H3,(H,9,10);1-4H2;1H3;2*1H/i;;;;;1D;;. The molecule has 0 aromatic carbocycles. The number of nitrogens with zero attached hydrogens (tertiary/aromatic N) is 4. The third-order valence-electron chi connectivity index (χ3n) is 11.0. The van der Waals surface area contributed by atoms with E-state index < -0.39 is 13.1 Å². The number of carbonyl (C=O) groups is 2. The number of halogens is 3. The van der Waals surface area contributed by atoms with Crippen molar-refractivity contribution < 1.29 is 34.0 Å². The Balaban J connectivity index is 0.000000656. The van der Waals surface area contributed by atoms with E-state index in [4.69, 9.17) is 31.6 Å². The normalized spacial score (nSPS) is 28.7. The molecule has 0 atom stereocenters. The van der Waals surface area contributed by atoms with Gasteiger partial charge in [-0.1, -0.05) is 20.8 Å². The Hall–Kier alpha value is -2.39. The quantitative estimate of drug-likeness (QED) is 0.131. The molecule has 4 aliphatic carbocycles. The molecule has 3 heterocycles. The molecule has 5 aliphatic rings. The van der Waals surface area contributed by atoms with Crippen molar-refractivity contribution in [2.75, 3.05) is 20.4 Å². The highest BCUT2D eigenvalue weighted by Gasteiger charge is 2.25. The molecule has 13 nitrogen and oxygen atoms in total. The van der Waals surface area contributed by atoms with Crippen LogP contribution in [0.2, 0.25) is 0 Å². The Bertz CT molecular complexity index is 1110. The number of hydrogen-bond acceptors (Lipinski definition) is 11. The molecule has 1 aliphatic heterocycles. The lowest BCUT2D eigenvalue weighted by molar-refractivity contribution is -0.143. The molecular weight excluding hydrogens is 740 g/mol. The van der Waals surface area contributed by atoms with Crippen LogP contribution < -0.4 is 17.0 Å². The highest BCUT2D eigenvalue weighted by atomic mass is 35.5. The largest absolute Gasteiger partial charge is 0.481 e. The molecule has 0 spiro atoms. The fraction of sp³-hybridized carbons (Fsp3) is 0.842. The van der Waals surface area contributed by atoms with Gasteiger partial charge in [-0.15, -0.1) is 45.2 Å². The zero-order valence-corrected chi connectivity index (χ0v) is 34.4. The molecule has 314 valence electrons. The summed E-state index contributed by atoms with van der Waals surface area (Å²) in [5.74, 6) is 9.59. The van der Waals surface area contributed by atoms with Crippen molar-refractivity contribution in [2.24, 2.45) is 41.2 Å². The van der Waals surface area contributed by atoms with Crippen LogP contribution in [-0.2, 0) is 14.3 Å². The molecule has 2 aromatic rings. The first-order chi connectivity index (χ1) is 25.6. The fourth-order valence-electron chi connectivity index (χ4n) is 7.25. The van der Waals surface area contributed by atoms with Crippen LogP contribution in [0.3, 0.4) is 0 Å². The van der Waals surface area contributed by atoms with Crippen LogP contribution >= 0.6 is 24.8 Å². The summed E-state index contributed by atoms with van der Waals surface area (Å²) in [6.45, 7) is 8.73. The number of hydrazine groups is 1. The predicted octanol–water partition coefficient (Wildman–Crippen LogP) is 8.34. The smallest absolute Gasteiger partial charge is 0.306 e. The first kappa shape index (κ1) is 49.6. The van der Waals surface area contributed by atoms with Crippen LogP contribution in [0.4, 0.5) is 4.39 Å². The van der Waals surface area contributed by atoms with Gasteiger partial charge in [0.15, 0.2) is 0 Å². The summed E-state index contributed by atoms with van der Waals surface area (Å²) < 4.78 is 30.8. The van der Waals surface area contributed by atoms with Crippen LogP contribution in [0.25, 0.3) is 0 Å². The number of carbonyl (C=O) groups excluding carboxylic acids is 1. The van der Waals surface area contributed by atoms with Gasteiger partial charge in [-0.2, -0.15) is 0 Å². The molecule has 6 N–H and O–H groups in total. The van der Waals surface area contributed by atoms with Crippen molar-refractivity contribution in [3.63, 3.8) is 0 Å². The van der Waals surface area contributed by atoms with Crippen molar-refractivity contribution >= 4 is 36.7 Å². The van der Waals surface area contributed by atoms with Gasteiger partial charge in [-0.3, -0.25) is 19.4 Å². The minimum absolute atomic E-state index is 0. The number of aromatic nitrogens is 4. The van der Waals surface area contributed by atoms with Crippen molar-refractivity contribution in [2.45, 2.75) is 154 Å². The number of hydrogen-bond donors (Lipinski definition) is 4. The monoisotopic (exact) mass is 810 g/mol. The summed E-state index contributed by atoms with van der Waals surface area (Å²) >= 11 is 0. The van der Waals surface area contributed by atoms with Gasteiger partial charge in [0.25, 0.3) is 0 Å². The van der Waals surface area contributed by atoms with Crippen LogP contribution in [0.15, 0.2) is 21.6 Å². The molecular formula is C38H70Cl2FN7O6. The number of alkyl halides is 1. The second-order valence-corrected chi connectivity index (χ2v) is 15.2. The lowest BCUT2D eigenvalue weighted by Crippen LogP contribution is -2.37. The van der Waals surface area contributed by atoms with Gasteiger partial charge in [0, 0.05) is 37.0 Å². The van der Waals surface area contributed by atoms with E-state index in [0.717, 1.165) is 120 Å². The molecule has 0 unspecified atom stereocenters. The average Bonchev–Trinajstić information content (AvgIpc) is 4.00. The number of nitrogens with two attached hydrogens (primary N) is 2. The van der Waals surface area contributed by atoms with Crippen molar-refractivity contribution in [3.8, 4) is 0 Å². The number of amides is 1. The zero-order valence-electron chi connectivity index (χ0n) is 33.7. The topological polar surface area (TPSA) is 206 Å². The zero-order chi connectivity index (χ0) is 38.8. The molecule has 2 aromatic heterocycles. The summed E-state index contributed by atoms with van der Waals surface area (Å²) in [4.78, 5) is 21.5. The second-order valence-electron chi connectivity index (χ2n) is 15.2. The van der Waals surface area contributed by atoms with Gasteiger partial charge in [0.2, 0.25) is 30.5 Å². The first-order valence-corrected chi connectivity index (χ1v) is 19.5. The number of ether oxygens (including phenoxy) is 1. The van der Waals surface area contributed by atoms with E-state index in [1.165, 1.54) is 51.3 Å². The number of carboxylic acids is 1. The van der Waals surface area contributed by atoms with E-state index in [1.807, 2.05) is 0 Å². The average molecular weight is 812 g/mol. The highest BCUT2D eigenvalue weighted by Crippen LogP contribution is 2.34. The van der Waals surface area contributed by atoms with Gasteiger partial charge >= 0.3 is 5.97 Å². The lowest BCUT2D eigenvalue weighted by Gasteiger charge is -2.24.